The molecule has 1 aromatic carbocycles. The van der Waals surface area contributed by atoms with E-state index >= 15 is 0 Å². The van der Waals surface area contributed by atoms with Gasteiger partial charge >= 0.3 is 0 Å². The zero-order chi connectivity index (χ0) is 13.4. The van der Waals surface area contributed by atoms with Gasteiger partial charge in [-0.05, 0) is 30.4 Å². The maximum absolute atomic E-state index is 10.7. The molecule has 0 radical (unpaired) electrons. The van der Waals surface area contributed by atoms with Crippen molar-refractivity contribution in [2.75, 3.05) is 6.61 Å². The molecule has 0 fully saturated rings. The van der Waals surface area contributed by atoms with Crippen LogP contribution >= 0.6 is 0 Å². The largest absolute Gasteiger partial charge is 0.393 e. The van der Waals surface area contributed by atoms with Crippen molar-refractivity contribution in [3.05, 3.63) is 35.4 Å². The van der Waals surface area contributed by atoms with Crippen LogP contribution in [0.5, 0.6) is 0 Å². The highest BCUT2D eigenvalue weighted by Gasteiger charge is 2.29. The average molecular weight is 250 g/mol. The molecule has 0 aliphatic carbocycles. The second kappa shape index (κ2) is 7.55. The maximum atomic E-state index is 10.7. The Balaban J connectivity index is 2.96. The van der Waals surface area contributed by atoms with Crippen molar-refractivity contribution in [1.82, 2.24) is 0 Å². The second-order valence-corrected chi connectivity index (χ2v) is 5.05. The predicted molar refractivity (Wildman–Crippen MR) is 75.6 cm³/mol. The molecule has 0 aliphatic heterocycles. The molecule has 0 bridgehead atoms. The number of aliphatic hydroxyl groups excluding tert-OH is 1. The first-order chi connectivity index (χ1) is 8.68. The van der Waals surface area contributed by atoms with Gasteiger partial charge in [-0.15, -0.1) is 0 Å². The van der Waals surface area contributed by atoms with Crippen molar-refractivity contribution in [3.63, 3.8) is 0 Å². The first-order valence-corrected chi connectivity index (χ1v) is 7.09. The summed E-state index contributed by atoms with van der Waals surface area (Å²) in [4.78, 5) is 0. The fourth-order valence-electron chi connectivity index (χ4n) is 2.33. The number of unbranched alkanes of at least 4 members (excludes halogenated alkanes) is 2. The van der Waals surface area contributed by atoms with E-state index in [9.17, 15) is 10.2 Å². The van der Waals surface area contributed by atoms with Gasteiger partial charge in [0.05, 0.1) is 6.61 Å². The van der Waals surface area contributed by atoms with Crippen molar-refractivity contribution in [2.45, 2.75) is 58.0 Å². The van der Waals surface area contributed by atoms with Crippen molar-refractivity contribution in [2.24, 2.45) is 0 Å². The fourth-order valence-corrected chi connectivity index (χ4v) is 2.33. The molecular formula is C16H26O2. The molecule has 1 atom stereocenters. The monoisotopic (exact) mass is 250 g/mol. The van der Waals surface area contributed by atoms with E-state index in [0.717, 1.165) is 37.7 Å². The molecule has 0 spiro atoms. The Morgan fingerprint density at radius 1 is 1.06 bits per heavy atom. The predicted octanol–water partition coefficient (Wildman–Crippen LogP) is 3.40. The van der Waals surface area contributed by atoms with Crippen LogP contribution in [0.3, 0.4) is 0 Å². The summed E-state index contributed by atoms with van der Waals surface area (Å²) < 4.78 is 0. The Labute approximate surface area is 111 Å². The topological polar surface area (TPSA) is 40.5 Å². The number of aliphatic hydroxyl groups is 2. The lowest BCUT2D eigenvalue weighted by Gasteiger charge is -2.28. The van der Waals surface area contributed by atoms with Crippen LogP contribution in [0.4, 0.5) is 0 Å². The van der Waals surface area contributed by atoms with E-state index in [1.165, 1.54) is 5.56 Å². The minimum atomic E-state index is -1.07. The molecule has 0 amide bonds. The standard InChI is InChI=1S/C16H26O2/c1-3-5-9-14-10-7-8-11-15(14)16(18,13-17)12-6-4-2/h7-8,10-11,17-18H,3-6,9,12-13H2,1-2H3. The van der Waals surface area contributed by atoms with Crippen molar-refractivity contribution in [1.29, 1.82) is 0 Å². The second-order valence-electron chi connectivity index (χ2n) is 5.05. The number of hydrogen-bond acceptors (Lipinski definition) is 2. The van der Waals surface area contributed by atoms with Crippen LogP contribution in [0.1, 0.15) is 57.1 Å². The van der Waals surface area contributed by atoms with Crippen LogP contribution < -0.4 is 0 Å². The van der Waals surface area contributed by atoms with Gasteiger partial charge in [-0.3, -0.25) is 0 Å². The van der Waals surface area contributed by atoms with Gasteiger partial charge in [0.15, 0.2) is 0 Å². The van der Waals surface area contributed by atoms with E-state index in [1.54, 1.807) is 0 Å². The van der Waals surface area contributed by atoms with Gasteiger partial charge < -0.3 is 10.2 Å². The summed E-state index contributed by atoms with van der Waals surface area (Å²) in [7, 11) is 0. The lowest BCUT2D eigenvalue weighted by Crippen LogP contribution is -2.31. The van der Waals surface area contributed by atoms with Gasteiger partial charge in [0.25, 0.3) is 0 Å². The summed E-state index contributed by atoms with van der Waals surface area (Å²) in [5.74, 6) is 0. The minimum Gasteiger partial charge on any atom is -0.393 e. The molecule has 0 aromatic heterocycles. The smallest absolute Gasteiger partial charge is 0.113 e. The third-order valence-corrected chi connectivity index (χ3v) is 3.52. The van der Waals surface area contributed by atoms with Gasteiger partial charge in [0.1, 0.15) is 5.60 Å². The molecule has 1 rings (SSSR count). The summed E-state index contributed by atoms with van der Waals surface area (Å²) in [5.41, 5.74) is 1.02. The van der Waals surface area contributed by atoms with Gasteiger partial charge in [0.2, 0.25) is 0 Å². The zero-order valence-corrected chi connectivity index (χ0v) is 11.7. The van der Waals surface area contributed by atoms with E-state index < -0.39 is 5.60 Å². The molecule has 2 N–H and O–H groups in total. The van der Waals surface area contributed by atoms with Crippen LogP contribution in [-0.2, 0) is 12.0 Å². The third-order valence-electron chi connectivity index (χ3n) is 3.52. The van der Waals surface area contributed by atoms with Crippen molar-refractivity contribution < 1.29 is 10.2 Å². The van der Waals surface area contributed by atoms with Gasteiger partial charge in [-0.25, -0.2) is 0 Å². The van der Waals surface area contributed by atoms with Gasteiger partial charge in [-0.1, -0.05) is 57.4 Å². The Hall–Kier alpha value is -0.860. The van der Waals surface area contributed by atoms with E-state index in [4.69, 9.17) is 0 Å². The Kier molecular flexibility index (Phi) is 6.37. The van der Waals surface area contributed by atoms with Crippen LogP contribution in [0.25, 0.3) is 0 Å². The van der Waals surface area contributed by atoms with Crippen LogP contribution in [0, 0.1) is 0 Å². The summed E-state index contributed by atoms with van der Waals surface area (Å²) in [6.07, 6.45) is 5.82. The highest BCUT2D eigenvalue weighted by Crippen LogP contribution is 2.30. The number of benzene rings is 1. The zero-order valence-electron chi connectivity index (χ0n) is 11.7. The van der Waals surface area contributed by atoms with E-state index in [2.05, 4.69) is 19.9 Å². The van der Waals surface area contributed by atoms with Gasteiger partial charge in [0, 0.05) is 0 Å². The van der Waals surface area contributed by atoms with Crippen LogP contribution in [-0.4, -0.2) is 16.8 Å². The third kappa shape index (κ3) is 3.82. The summed E-state index contributed by atoms with van der Waals surface area (Å²) in [6.45, 7) is 4.06. The lowest BCUT2D eigenvalue weighted by atomic mass is 9.85. The lowest BCUT2D eigenvalue weighted by molar-refractivity contribution is -0.0284. The molecule has 1 unspecified atom stereocenters. The first kappa shape index (κ1) is 15.2. The Bertz CT molecular complexity index is 349. The minimum absolute atomic E-state index is 0.198. The van der Waals surface area contributed by atoms with Crippen LogP contribution in [0.2, 0.25) is 0 Å². The Morgan fingerprint density at radius 2 is 1.72 bits per heavy atom. The first-order valence-electron chi connectivity index (χ1n) is 7.09. The van der Waals surface area contributed by atoms with Crippen LogP contribution in [0.15, 0.2) is 24.3 Å². The van der Waals surface area contributed by atoms with Gasteiger partial charge in [-0.2, -0.15) is 0 Å². The molecule has 0 saturated heterocycles. The average Bonchev–Trinajstić information content (AvgIpc) is 2.43. The number of aryl methyl sites for hydroxylation is 1. The highest BCUT2D eigenvalue weighted by atomic mass is 16.3. The SMILES string of the molecule is CCCCc1ccccc1C(O)(CO)CCCC. The molecule has 1 aromatic rings. The normalized spacial score (nSPS) is 14.4. The van der Waals surface area contributed by atoms with Crippen molar-refractivity contribution >= 4 is 0 Å². The Morgan fingerprint density at radius 3 is 2.33 bits per heavy atom. The fraction of sp³-hybridized carbons (Fsp3) is 0.625. The van der Waals surface area contributed by atoms with Crippen molar-refractivity contribution in [3.8, 4) is 0 Å². The molecule has 0 aliphatic rings. The molecule has 2 heteroatoms. The molecule has 2 nitrogen and oxygen atoms in total. The van der Waals surface area contributed by atoms with E-state index in [0.29, 0.717) is 6.42 Å². The molecule has 102 valence electrons. The molecular weight excluding hydrogens is 224 g/mol. The highest BCUT2D eigenvalue weighted by molar-refractivity contribution is 5.32. The summed E-state index contributed by atoms with van der Waals surface area (Å²) in [5, 5.41) is 20.2. The number of rotatable bonds is 8. The molecule has 18 heavy (non-hydrogen) atoms. The maximum Gasteiger partial charge on any atom is 0.113 e. The summed E-state index contributed by atoms with van der Waals surface area (Å²) >= 11 is 0. The van der Waals surface area contributed by atoms with E-state index in [1.807, 2.05) is 18.2 Å². The number of hydrogen-bond donors (Lipinski definition) is 2. The quantitative estimate of drug-likeness (QED) is 0.742. The van der Waals surface area contributed by atoms with E-state index in [-0.39, 0.29) is 6.61 Å². The molecule has 0 saturated carbocycles. The molecule has 0 heterocycles. The summed E-state index contributed by atoms with van der Waals surface area (Å²) in [6, 6.07) is 7.97.